The van der Waals surface area contributed by atoms with Crippen molar-refractivity contribution in [2.45, 2.75) is 6.54 Å². The van der Waals surface area contributed by atoms with Crippen LogP contribution in [0.25, 0.3) is 10.9 Å². The summed E-state index contributed by atoms with van der Waals surface area (Å²) >= 11 is 15.4. The van der Waals surface area contributed by atoms with Crippen LogP contribution in [0.2, 0.25) is 10.0 Å². The third-order valence-electron chi connectivity index (χ3n) is 3.17. The molecule has 3 aromatic rings. The molecule has 0 unspecified atom stereocenters. The molecular formula is C15H9BrCl2N2O2. The zero-order valence-corrected chi connectivity index (χ0v) is 14.2. The lowest BCUT2D eigenvalue weighted by Crippen LogP contribution is -2.04. The van der Waals surface area contributed by atoms with Crippen molar-refractivity contribution in [3.8, 4) is 0 Å². The second kappa shape index (κ2) is 5.91. The normalized spacial score (nSPS) is 11.0. The first-order valence-electron chi connectivity index (χ1n) is 6.28. The minimum absolute atomic E-state index is 0.0237. The van der Waals surface area contributed by atoms with E-state index >= 15 is 0 Å². The molecule has 0 atom stereocenters. The van der Waals surface area contributed by atoms with E-state index in [2.05, 4.69) is 21.0 Å². The van der Waals surface area contributed by atoms with Crippen LogP contribution in [0.3, 0.4) is 0 Å². The minimum atomic E-state index is -1.06. The van der Waals surface area contributed by atoms with Crippen LogP contribution in [0.5, 0.6) is 0 Å². The van der Waals surface area contributed by atoms with Crippen LogP contribution in [0.1, 0.15) is 16.1 Å². The van der Waals surface area contributed by atoms with Crippen molar-refractivity contribution in [3.05, 3.63) is 62.2 Å². The van der Waals surface area contributed by atoms with E-state index in [0.29, 0.717) is 22.0 Å². The lowest BCUT2D eigenvalue weighted by molar-refractivity contribution is 0.0691. The fraction of sp³-hybridized carbons (Fsp3) is 0.0667. The van der Waals surface area contributed by atoms with E-state index in [-0.39, 0.29) is 5.69 Å². The number of fused-ring (bicyclic) bond motifs is 1. The summed E-state index contributed by atoms with van der Waals surface area (Å²) < 4.78 is 2.48. The summed E-state index contributed by atoms with van der Waals surface area (Å²) in [4.78, 5) is 11.3. The smallest absolute Gasteiger partial charge is 0.357 e. The van der Waals surface area contributed by atoms with E-state index in [0.717, 1.165) is 15.6 Å². The lowest BCUT2D eigenvalue weighted by atomic mass is 10.2. The highest BCUT2D eigenvalue weighted by Crippen LogP contribution is 2.25. The Kier molecular flexibility index (Phi) is 4.12. The van der Waals surface area contributed by atoms with Gasteiger partial charge in [0, 0.05) is 19.9 Å². The monoisotopic (exact) mass is 398 g/mol. The van der Waals surface area contributed by atoms with Crippen molar-refractivity contribution in [1.29, 1.82) is 0 Å². The summed E-state index contributed by atoms with van der Waals surface area (Å²) in [5, 5.41) is 15.1. The van der Waals surface area contributed by atoms with Crippen molar-refractivity contribution in [2.24, 2.45) is 0 Å². The average molecular weight is 400 g/mol. The molecule has 22 heavy (non-hydrogen) atoms. The van der Waals surface area contributed by atoms with Crippen LogP contribution in [0.15, 0.2) is 40.9 Å². The Morgan fingerprint density at radius 1 is 1.18 bits per heavy atom. The van der Waals surface area contributed by atoms with Crippen molar-refractivity contribution in [2.75, 3.05) is 0 Å². The molecule has 0 aliphatic rings. The highest BCUT2D eigenvalue weighted by Gasteiger charge is 2.16. The standard InChI is InChI=1S/C15H9BrCl2N2O2/c16-9-1-2-12-13(5-9)20(19-14(12)15(21)22)7-8-3-10(17)6-11(18)4-8/h1-6H,7H2,(H,21,22). The Bertz CT molecular complexity index is 872. The van der Waals surface area contributed by atoms with Gasteiger partial charge < -0.3 is 5.11 Å². The van der Waals surface area contributed by atoms with Gasteiger partial charge in [0.15, 0.2) is 5.69 Å². The molecular weight excluding hydrogens is 391 g/mol. The molecule has 112 valence electrons. The molecule has 2 aromatic carbocycles. The minimum Gasteiger partial charge on any atom is -0.476 e. The van der Waals surface area contributed by atoms with E-state index in [1.165, 1.54) is 0 Å². The largest absolute Gasteiger partial charge is 0.476 e. The van der Waals surface area contributed by atoms with Crippen LogP contribution in [0, 0.1) is 0 Å². The van der Waals surface area contributed by atoms with Crippen LogP contribution in [0.4, 0.5) is 0 Å². The molecule has 0 aliphatic carbocycles. The number of carboxylic acids is 1. The van der Waals surface area contributed by atoms with Gasteiger partial charge >= 0.3 is 5.97 Å². The SMILES string of the molecule is O=C(O)c1nn(Cc2cc(Cl)cc(Cl)c2)c2cc(Br)ccc12. The van der Waals surface area contributed by atoms with Gasteiger partial charge in [0.1, 0.15) is 0 Å². The quantitative estimate of drug-likeness (QED) is 0.684. The highest BCUT2D eigenvalue weighted by molar-refractivity contribution is 9.10. The third kappa shape index (κ3) is 2.97. The Labute approximate surface area is 144 Å². The summed E-state index contributed by atoms with van der Waals surface area (Å²) in [6.07, 6.45) is 0. The van der Waals surface area contributed by atoms with E-state index in [4.69, 9.17) is 23.2 Å². The summed E-state index contributed by atoms with van der Waals surface area (Å²) in [5.41, 5.74) is 1.59. The topological polar surface area (TPSA) is 55.1 Å². The molecule has 1 N–H and O–H groups in total. The Morgan fingerprint density at radius 2 is 1.86 bits per heavy atom. The molecule has 0 amide bonds. The molecule has 3 rings (SSSR count). The van der Waals surface area contributed by atoms with E-state index in [1.807, 2.05) is 6.07 Å². The van der Waals surface area contributed by atoms with Crippen LogP contribution < -0.4 is 0 Å². The molecule has 0 bridgehead atoms. The fourth-order valence-corrected chi connectivity index (χ4v) is 3.22. The summed E-state index contributed by atoms with van der Waals surface area (Å²) in [6.45, 7) is 0.376. The van der Waals surface area contributed by atoms with Gasteiger partial charge in [-0.25, -0.2) is 4.79 Å². The Morgan fingerprint density at radius 3 is 2.50 bits per heavy atom. The molecule has 0 fully saturated rings. The molecule has 0 spiro atoms. The van der Waals surface area contributed by atoms with E-state index in [9.17, 15) is 9.90 Å². The predicted octanol–water partition coefficient (Wildman–Crippen LogP) is 4.85. The summed E-state index contributed by atoms with van der Waals surface area (Å²) in [7, 11) is 0. The van der Waals surface area contributed by atoms with Crippen molar-refractivity contribution in [1.82, 2.24) is 9.78 Å². The first kappa shape index (κ1) is 15.3. The van der Waals surface area contributed by atoms with Gasteiger partial charge in [-0.05, 0) is 42.0 Å². The number of rotatable bonds is 3. The number of carboxylic acid groups (broad SMARTS) is 1. The average Bonchev–Trinajstić information content (AvgIpc) is 2.76. The van der Waals surface area contributed by atoms with Crippen LogP contribution in [-0.4, -0.2) is 20.9 Å². The number of carbonyl (C=O) groups is 1. The Hall–Kier alpha value is -1.56. The lowest BCUT2D eigenvalue weighted by Gasteiger charge is -2.05. The summed E-state index contributed by atoms with van der Waals surface area (Å²) in [5.74, 6) is -1.06. The predicted molar refractivity (Wildman–Crippen MR) is 90.0 cm³/mol. The zero-order chi connectivity index (χ0) is 15.9. The fourth-order valence-electron chi connectivity index (χ4n) is 2.30. The molecule has 1 aromatic heterocycles. The number of benzene rings is 2. The van der Waals surface area contributed by atoms with Gasteiger partial charge in [-0.1, -0.05) is 39.1 Å². The number of aromatic carboxylic acids is 1. The molecule has 7 heteroatoms. The zero-order valence-electron chi connectivity index (χ0n) is 11.1. The molecule has 0 aliphatic heterocycles. The first-order valence-corrected chi connectivity index (χ1v) is 7.83. The maximum absolute atomic E-state index is 11.3. The van der Waals surface area contributed by atoms with E-state index < -0.39 is 5.97 Å². The van der Waals surface area contributed by atoms with Gasteiger partial charge in [-0.3, -0.25) is 4.68 Å². The summed E-state index contributed by atoms with van der Waals surface area (Å²) in [6, 6.07) is 10.6. The van der Waals surface area contributed by atoms with Crippen LogP contribution in [-0.2, 0) is 6.54 Å². The third-order valence-corrected chi connectivity index (χ3v) is 4.10. The van der Waals surface area contributed by atoms with E-state index in [1.54, 1.807) is 35.0 Å². The molecule has 1 heterocycles. The molecule has 0 saturated heterocycles. The van der Waals surface area contributed by atoms with Gasteiger partial charge in [0.2, 0.25) is 0 Å². The van der Waals surface area contributed by atoms with Gasteiger partial charge in [-0.2, -0.15) is 5.10 Å². The maximum Gasteiger partial charge on any atom is 0.357 e. The number of hydrogen-bond acceptors (Lipinski definition) is 2. The second-order valence-corrected chi connectivity index (χ2v) is 6.54. The maximum atomic E-state index is 11.3. The van der Waals surface area contributed by atoms with Crippen molar-refractivity contribution in [3.63, 3.8) is 0 Å². The molecule has 0 saturated carbocycles. The number of halogens is 3. The van der Waals surface area contributed by atoms with Gasteiger partial charge in [0.25, 0.3) is 0 Å². The van der Waals surface area contributed by atoms with Gasteiger partial charge in [-0.15, -0.1) is 0 Å². The number of hydrogen-bond donors (Lipinski definition) is 1. The highest BCUT2D eigenvalue weighted by atomic mass is 79.9. The number of nitrogens with zero attached hydrogens (tertiary/aromatic N) is 2. The Balaban J connectivity index is 2.13. The molecule has 4 nitrogen and oxygen atoms in total. The second-order valence-electron chi connectivity index (χ2n) is 4.75. The van der Waals surface area contributed by atoms with Crippen molar-refractivity contribution < 1.29 is 9.90 Å². The first-order chi connectivity index (χ1) is 10.4. The van der Waals surface area contributed by atoms with Gasteiger partial charge in [0.05, 0.1) is 12.1 Å². The molecule has 0 radical (unpaired) electrons. The number of aromatic nitrogens is 2. The van der Waals surface area contributed by atoms with Crippen LogP contribution >= 0.6 is 39.1 Å². The van der Waals surface area contributed by atoms with Crippen molar-refractivity contribution >= 4 is 56.0 Å².